The lowest BCUT2D eigenvalue weighted by molar-refractivity contribution is -0.118. The van der Waals surface area contributed by atoms with Gasteiger partial charge in [0.25, 0.3) is 0 Å². The highest BCUT2D eigenvalue weighted by Crippen LogP contribution is 2.30. The molecule has 7 heteroatoms. The summed E-state index contributed by atoms with van der Waals surface area (Å²) in [7, 11) is 5.04. The van der Waals surface area contributed by atoms with Crippen LogP contribution in [-0.4, -0.2) is 45.1 Å². The lowest BCUT2D eigenvalue weighted by Gasteiger charge is -2.27. The van der Waals surface area contributed by atoms with Gasteiger partial charge in [0.2, 0.25) is 11.8 Å². The molecule has 26 heavy (non-hydrogen) atoms. The van der Waals surface area contributed by atoms with Crippen LogP contribution in [0.15, 0.2) is 35.5 Å². The van der Waals surface area contributed by atoms with Crippen LogP contribution in [0.1, 0.15) is 18.1 Å². The minimum Gasteiger partial charge on any atom is -0.480 e. The van der Waals surface area contributed by atoms with E-state index in [0.717, 1.165) is 23.4 Å². The van der Waals surface area contributed by atoms with Crippen molar-refractivity contribution in [3.63, 3.8) is 0 Å². The van der Waals surface area contributed by atoms with Gasteiger partial charge in [0.05, 0.1) is 25.0 Å². The maximum Gasteiger partial charge on any atom is 0.249 e. The Bertz CT molecular complexity index is 758. The standard InChI is InChI=1S/C19H27FN4O2/c1-6-23(3)17-14(12(2)7-8-16(17)21)10-22-18(25)13-9-15(20)19(26-5)24(4)11-13/h7-9H,6,10-11,21H2,1-5H3,(H,22,25). The third-order valence-electron chi connectivity index (χ3n) is 4.57. The first kappa shape index (κ1) is 19.6. The van der Waals surface area contributed by atoms with E-state index >= 15 is 0 Å². The van der Waals surface area contributed by atoms with Crippen molar-refractivity contribution in [2.24, 2.45) is 0 Å². The predicted molar refractivity (Wildman–Crippen MR) is 102 cm³/mol. The number of nitrogens with zero attached hydrogens (tertiary/aromatic N) is 2. The predicted octanol–water partition coefficient (Wildman–Crippen LogP) is 2.31. The number of nitrogen functional groups attached to an aromatic ring is 1. The summed E-state index contributed by atoms with van der Waals surface area (Å²) in [5.41, 5.74) is 10.1. The molecule has 0 fully saturated rings. The van der Waals surface area contributed by atoms with Crippen molar-refractivity contribution in [2.75, 3.05) is 44.9 Å². The van der Waals surface area contributed by atoms with E-state index in [0.29, 0.717) is 17.8 Å². The fourth-order valence-corrected chi connectivity index (χ4v) is 3.03. The molecule has 0 bridgehead atoms. The second kappa shape index (κ2) is 8.12. The zero-order chi connectivity index (χ0) is 19.4. The average molecular weight is 362 g/mol. The van der Waals surface area contributed by atoms with Crippen LogP contribution < -0.4 is 16.0 Å². The Morgan fingerprint density at radius 1 is 1.46 bits per heavy atom. The Balaban J connectivity index is 2.21. The molecule has 2 rings (SSSR count). The maximum atomic E-state index is 14.0. The largest absolute Gasteiger partial charge is 0.480 e. The van der Waals surface area contributed by atoms with Crippen molar-refractivity contribution < 1.29 is 13.9 Å². The van der Waals surface area contributed by atoms with Crippen molar-refractivity contribution >= 4 is 17.3 Å². The van der Waals surface area contributed by atoms with Gasteiger partial charge in [-0.25, -0.2) is 4.39 Å². The van der Waals surface area contributed by atoms with E-state index in [1.165, 1.54) is 13.2 Å². The molecule has 0 spiro atoms. The number of halogens is 1. The molecule has 0 aromatic heterocycles. The van der Waals surface area contributed by atoms with Gasteiger partial charge in [-0.1, -0.05) is 6.07 Å². The second-order valence-corrected chi connectivity index (χ2v) is 6.38. The first-order valence-corrected chi connectivity index (χ1v) is 8.52. The van der Waals surface area contributed by atoms with Crippen LogP contribution in [0, 0.1) is 6.92 Å². The first-order chi connectivity index (χ1) is 12.3. The maximum absolute atomic E-state index is 14.0. The van der Waals surface area contributed by atoms with E-state index in [1.807, 2.05) is 37.9 Å². The lowest BCUT2D eigenvalue weighted by Crippen LogP contribution is -2.34. The van der Waals surface area contributed by atoms with Crippen molar-refractivity contribution in [2.45, 2.75) is 20.4 Å². The number of benzene rings is 1. The normalized spacial score (nSPS) is 14.2. The summed E-state index contributed by atoms with van der Waals surface area (Å²) in [5, 5.41) is 2.88. The summed E-state index contributed by atoms with van der Waals surface area (Å²) in [4.78, 5) is 16.1. The second-order valence-electron chi connectivity index (χ2n) is 6.38. The number of anilines is 2. The van der Waals surface area contributed by atoms with Crippen molar-refractivity contribution in [1.29, 1.82) is 0 Å². The Labute approximate surface area is 154 Å². The highest BCUT2D eigenvalue weighted by Gasteiger charge is 2.23. The number of likely N-dealkylation sites (N-methyl/N-ethyl adjacent to an activating group) is 1. The Kier molecular flexibility index (Phi) is 6.13. The summed E-state index contributed by atoms with van der Waals surface area (Å²) in [6, 6.07) is 3.80. The van der Waals surface area contributed by atoms with E-state index < -0.39 is 5.83 Å². The first-order valence-electron chi connectivity index (χ1n) is 8.52. The number of aryl methyl sites for hydroxylation is 1. The van der Waals surface area contributed by atoms with E-state index in [1.54, 1.807) is 11.9 Å². The fraction of sp³-hybridized carbons (Fsp3) is 0.421. The van der Waals surface area contributed by atoms with Crippen LogP contribution in [0.5, 0.6) is 0 Å². The summed E-state index contributed by atoms with van der Waals surface area (Å²) in [5.74, 6) is -0.743. The van der Waals surface area contributed by atoms with Crippen molar-refractivity contribution in [3.8, 4) is 0 Å². The van der Waals surface area contributed by atoms with Gasteiger partial charge in [-0.2, -0.15) is 0 Å². The molecule has 6 nitrogen and oxygen atoms in total. The molecule has 0 unspecified atom stereocenters. The van der Waals surface area contributed by atoms with Crippen LogP contribution >= 0.6 is 0 Å². The van der Waals surface area contributed by atoms with Crippen LogP contribution in [-0.2, 0) is 16.1 Å². The molecule has 1 amide bonds. The number of nitrogens with two attached hydrogens (primary N) is 1. The van der Waals surface area contributed by atoms with Gasteiger partial charge in [0.1, 0.15) is 0 Å². The van der Waals surface area contributed by atoms with Crippen LogP contribution in [0.25, 0.3) is 0 Å². The third-order valence-corrected chi connectivity index (χ3v) is 4.57. The number of rotatable bonds is 6. The zero-order valence-corrected chi connectivity index (χ0v) is 16.0. The average Bonchev–Trinajstić information content (AvgIpc) is 2.61. The monoisotopic (exact) mass is 362 g/mol. The van der Waals surface area contributed by atoms with Crippen LogP contribution in [0.3, 0.4) is 0 Å². The van der Waals surface area contributed by atoms with Gasteiger partial charge in [-0.05, 0) is 37.1 Å². The van der Waals surface area contributed by atoms with Gasteiger partial charge >= 0.3 is 0 Å². The topological polar surface area (TPSA) is 70.8 Å². The minimum absolute atomic E-state index is 0.125. The minimum atomic E-state index is -0.557. The third kappa shape index (κ3) is 3.92. The smallest absolute Gasteiger partial charge is 0.249 e. The van der Waals surface area contributed by atoms with E-state index in [9.17, 15) is 9.18 Å². The summed E-state index contributed by atoms with van der Waals surface area (Å²) in [6.07, 6.45) is 1.22. The van der Waals surface area contributed by atoms with E-state index in [-0.39, 0.29) is 18.3 Å². The molecule has 0 aliphatic carbocycles. The number of nitrogens with one attached hydrogen (secondary N) is 1. The zero-order valence-electron chi connectivity index (χ0n) is 16.0. The molecule has 0 radical (unpaired) electrons. The van der Waals surface area contributed by atoms with E-state index in [4.69, 9.17) is 10.5 Å². The van der Waals surface area contributed by atoms with Gasteiger partial charge < -0.3 is 25.6 Å². The number of carbonyl (C=O) groups excluding carboxylic acids is 1. The van der Waals surface area contributed by atoms with Gasteiger partial charge in [-0.15, -0.1) is 0 Å². The summed E-state index contributed by atoms with van der Waals surface area (Å²) >= 11 is 0. The number of amides is 1. The molecule has 1 heterocycles. The van der Waals surface area contributed by atoms with Gasteiger partial charge in [-0.3, -0.25) is 4.79 Å². The molecule has 1 aliphatic rings. The summed E-state index contributed by atoms with van der Waals surface area (Å²) < 4.78 is 19.0. The molecule has 0 saturated heterocycles. The molecule has 1 aliphatic heterocycles. The number of allylic oxidation sites excluding steroid dienone is 2. The highest BCUT2D eigenvalue weighted by molar-refractivity contribution is 5.94. The molecule has 0 saturated carbocycles. The van der Waals surface area contributed by atoms with Crippen molar-refractivity contribution in [3.05, 3.63) is 46.6 Å². The molecule has 3 N–H and O–H groups in total. The van der Waals surface area contributed by atoms with Crippen molar-refractivity contribution in [1.82, 2.24) is 10.2 Å². The molecule has 1 aromatic rings. The number of methoxy groups -OCH3 is 1. The molecular weight excluding hydrogens is 335 g/mol. The van der Waals surface area contributed by atoms with Gasteiger partial charge in [0, 0.05) is 32.8 Å². The number of ether oxygens (including phenoxy) is 1. The van der Waals surface area contributed by atoms with Crippen LogP contribution in [0.4, 0.5) is 15.8 Å². The van der Waals surface area contributed by atoms with E-state index in [2.05, 4.69) is 5.32 Å². The molecule has 0 atom stereocenters. The molecular formula is C19H27FN4O2. The van der Waals surface area contributed by atoms with Gasteiger partial charge in [0.15, 0.2) is 5.83 Å². The fourth-order valence-electron chi connectivity index (χ4n) is 3.03. The Hall–Kier alpha value is -2.70. The Morgan fingerprint density at radius 3 is 2.73 bits per heavy atom. The molecule has 142 valence electrons. The Morgan fingerprint density at radius 2 is 2.15 bits per heavy atom. The molecule has 1 aromatic carbocycles. The quantitative estimate of drug-likeness (QED) is 0.760. The SMILES string of the molecule is CCN(C)c1c(N)ccc(C)c1CNC(=O)C1=CC(F)=C(OC)N(C)C1. The number of hydrogen-bond acceptors (Lipinski definition) is 5. The number of hydrogen-bond donors (Lipinski definition) is 2. The lowest BCUT2D eigenvalue weighted by atomic mass is 10.0. The summed E-state index contributed by atoms with van der Waals surface area (Å²) in [6.45, 7) is 5.41. The van der Waals surface area contributed by atoms with Crippen LogP contribution in [0.2, 0.25) is 0 Å². The number of carbonyl (C=O) groups is 1. The highest BCUT2D eigenvalue weighted by atomic mass is 19.1.